The first kappa shape index (κ1) is 18.4. The topological polar surface area (TPSA) is 82.4 Å². The van der Waals surface area contributed by atoms with Crippen LogP contribution in [0.5, 0.6) is 5.75 Å². The Hall–Kier alpha value is -2.93. The number of hydrogen-bond donors (Lipinski definition) is 0. The average molecular weight is 397 g/mol. The first-order chi connectivity index (χ1) is 13.3. The Morgan fingerprint density at radius 2 is 1.82 bits per heavy atom. The zero-order chi connectivity index (χ0) is 20.1. The third kappa shape index (κ3) is 2.92. The Bertz CT molecular complexity index is 1270. The van der Waals surface area contributed by atoms with E-state index < -0.39 is 21.5 Å². The number of para-hydroxylation sites is 1. The average Bonchev–Trinajstić information content (AvgIpc) is 2.65. The molecule has 0 saturated heterocycles. The molecule has 0 saturated carbocycles. The van der Waals surface area contributed by atoms with Crippen LogP contribution in [0.25, 0.3) is 10.9 Å². The summed E-state index contributed by atoms with van der Waals surface area (Å²) >= 11 is 0. The summed E-state index contributed by atoms with van der Waals surface area (Å²) < 4.78 is 32.7. The van der Waals surface area contributed by atoms with Gasteiger partial charge in [-0.25, -0.2) is 0 Å². The molecule has 2 aromatic carbocycles. The molecule has 2 heterocycles. The summed E-state index contributed by atoms with van der Waals surface area (Å²) in [4.78, 5) is 25.2. The third-order valence-electron chi connectivity index (χ3n) is 5.00. The quantitative estimate of drug-likeness (QED) is 0.499. The van der Waals surface area contributed by atoms with Gasteiger partial charge in [-0.2, -0.15) is 8.42 Å². The fourth-order valence-corrected chi connectivity index (χ4v) is 4.62. The smallest absolute Gasteiger partial charge is 0.339 e. The molecule has 6 nitrogen and oxygen atoms in total. The van der Waals surface area contributed by atoms with Crippen LogP contribution in [0.2, 0.25) is 0 Å². The number of Topliss-reactive ketones (excluding diaryl/α,β-unsaturated/α-hetero) is 1. The Labute approximate surface area is 162 Å². The molecule has 0 N–H and O–H groups in total. The highest BCUT2D eigenvalue weighted by molar-refractivity contribution is 7.87. The maximum absolute atomic E-state index is 13.0. The molecule has 0 bridgehead atoms. The van der Waals surface area contributed by atoms with Crippen molar-refractivity contribution in [3.05, 3.63) is 69.5 Å². The van der Waals surface area contributed by atoms with Crippen molar-refractivity contribution in [3.8, 4) is 5.75 Å². The lowest BCUT2D eigenvalue weighted by molar-refractivity contribution is 0.101. The molecular formula is C21H19NO5S. The van der Waals surface area contributed by atoms with E-state index in [1.165, 1.54) is 19.1 Å². The van der Waals surface area contributed by atoms with Crippen LogP contribution in [0.4, 0.5) is 0 Å². The number of aromatic nitrogens is 1. The van der Waals surface area contributed by atoms with E-state index in [0.717, 1.165) is 24.0 Å². The van der Waals surface area contributed by atoms with Crippen molar-refractivity contribution in [1.82, 2.24) is 4.57 Å². The molecule has 0 unspecified atom stereocenters. The molecule has 0 aliphatic carbocycles. The molecule has 4 rings (SSSR count). The number of ketones is 1. The molecule has 1 aliphatic rings. The monoisotopic (exact) mass is 397 g/mol. The van der Waals surface area contributed by atoms with Crippen LogP contribution in [0.3, 0.4) is 0 Å². The molecule has 0 radical (unpaired) electrons. The van der Waals surface area contributed by atoms with Gasteiger partial charge in [0.15, 0.2) is 11.5 Å². The summed E-state index contributed by atoms with van der Waals surface area (Å²) in [5.41, 5.74) is 1.73. The van der Waals surface area contributed by atoms with Gasteiger partial charge in [-0.15, -0.1) is 0 Å². The van der Waals surface area contributed by atoms with E-state index in [4.69, 9.17) is 4.18 Å². The highest BCUT2D eigenvalue weighted by Crippen LogP contribution is 2.34. The van der Waals surface area contributed by atoms with Gasteiger partial charge in [0.1, 0.15) is 10.5 Å². The second kappa shape index (κ2) is 6.60. The normalized spacial score (nSPS) is 13.5. The molecule has 144 valence electrons. The molecule has 1 aromatic heterocycles. The second-order valence-corrected chi connectivity index (χ2v) is 8.53. The van der Waals surface area contributed by atoms with Crippen LogP contribution in [0.1, 0.15) is 34.8 Å². The maximum Gasteiger partial charge on any atom is 0.339 e. The minimum atomic E-state index is -4.21. The number of nitrogens with zero attached hydrogens (tertiary/aromatic N) is 1. The van der Waals surface area contributed by atoms with Crippen LogP contribution in [0.15, 0.2) is 52.2 Å². The van der Waals surface area contributed by atoms with E-state index in [2.05, 4.69) is 0 Å². The number of benzene rings is 2. The number of carbonyl (C=O) groups excluding carboxylic acids is 1. The van der Waals surface area contributed by atoms with Gasteiger partial charge in [0.05, 0.1) is 5.52 Å². The number of carbonyl (C=O) groups is 1. The van der Waals surface area contributed by atoms with E-state index in [1.807, 2.05) is 13.0 Å². The van der Waals surface area contributed by atoms with Crippen molar-refractivity contribution in [2.75, 3.05) is 0 Å². The minimum absolute atomic E-state index is 0.0341. The lowest BCUT2D eigenvalue weighted by atomic mass is 9.98. The molecule has 0 atom stereocenters. The van der Waals surface area contributed by atoms with E-state index in [1.54, 1.807) is 28.8 Å². The molecular weight excluding hydrogens is 378 g/mol. The Morgan fingerprint density at radius 3 is 2.50 bits per heavy atom. The van der Waals surface area contributed by atoms with E-state index in [-0.39, 0.29) is 16.2 Å². The maximum atomic E-state index is 13.0. The van der Waals surface area contributed by atoms with Crippen molar-refractivity contribution in [3.63, 3.8) is 0 Å². The van der Waals surface area contributed by atoms with Gasteiger partial charge in [-0.3, -0.25) is 9.59 Å². The molecule has 1 aliphatic heterocycles. The zero-order valence-corrected chi connectivity index (χ0v) is 16.4. The number of rotatable bonds is 4. The van der Waals surface area contributed by atoms with E-state index in [9.17, 15) is 18.0 Å². The standard InChI is InChI=1S/C21H19NO5S/c1-13-8-10-16(11-9-13)28(25,26)27-20-17-7-3-5-15-6-4-12-22(19(15)17)21(24)18(20)14(2)23/h3,5,7-11H,4,6,12H2,1-2H3. The summed E-state index contributed by atoms with van der Waals surface area (Å²) in [7, 11) is -4.21. The van der Waals surface area contributed by atoms with Crippen LogP contribution in [-0.2, 0) is 23.1 Å². The largest absolute Gasteiger partial charge is 0.377 e. The molecule has 0 fully saturated rings. The van der Waals surface area contributed by atoms with E-state index in [0.29, 0.717) is 17.4 Å². The lowest BCUT2D eigenvalue weighted by Crippen LogP contribution is -2.30. The summed E-state index contributed by atoms with van der Waals surface area (Å²) in [5, 5.41) is 0.456. The second-order valence-electron chi connectivity index (χ2n) is 6.98. The summed E-state index contributed by atoms with van der Waals surface area (Å²) in [6, 6.07) is 11.6. The van der Waals surface area contributed by atoms with Crippen molar-refractivity contribution >= 4 is 26.8 Å². The Kier molecular flexibility index (Phi) is 4.34. The van der Waals surface area contributed by atoms with Crippen molar-refractivity contribution in [2.24, 2.45) is 0 Å². The van der Waals surface area contributed by atoms with Gasteiger partial charge in [-0.1, -0.05) is 29.8 Å². The highest BCUT2D eigenvalue weighted by Gasteiger charge is 2.28. The van der Waals surface area contributed by atoms with Crippen molar-refractivity contribution in [1.29, 1.82) is 0 Å². The summed E-state index contributed by atoms with van der Waals surface area (Å²) in [6.45, 7) is 3.57. The lowest BCUT2D eigenvalue weighted by Gasteiger charge is -2.22. The van der Waals surface area contributed by atoms with Gasteiger partial charge in [0.25, 0.3) is 5.56 Å². The number of hydrogen-bond acceptors (Lipinski definition) is 5. The fourth-order valence-electron chi connectivity index (χ4n) is 3.66. The molecule has 28 heavy (non-hydrogen) atoms. The Balaban J connectivity index is 2.00. The third-order valence-corrected chi connectivity index (χ3v) is 6.24. The SMILES string of the molecule is CC(=O)c1c(OS(=O)(=O)c2ccc(C)cc2)c2cccc3c2n(c1=O)CCC3. The molecule has 3 aromatic rings. The predicted molar refractivity (Wildman–Crippen MR) is 106 cm³/mol. The van der Waals surface area contributed by atoms with Gasteiger partial charge < -0.3 is 8.75 Å². The van der Waals surface area contributed by atoms with Crippen LogP contribution >= 0.6 is 0 Å². The number of aryl methyl sites for hydroxylation is 3. The van der Waals surface area contributed by atoms with Crippen LogP contribution in [0, 0.1) is 6.92 Å². The summed E-state index contributed by atoms with van der Waals surface area (Å²) in [6.07, 6.45) is 1.56. The molecule has 0 amide bonds. The predicted octanol–water partition coefficient (Wildman–Crippen LogP) is 3.23. The summed E-state index contributed by atoms with van der Waals surface area (Å²) in [5.74, 6) is -0.714. The number of pyridine rings is 1. The van der Waals surface area contributed by atoms with Gasteiger partial charge in [0.2, 0.25) is 0 Å². The molecule has 0 spiro atoms. The fraction of sp³-hybridized carbons (Fsp3) is 0.238. The zero-order valence-electron chi connectivity index (χ0n) is 15.6. The van der Waals surface area contributed by atoms with Crippen molar-refractivity contribution < 1.29 is 17.4 Å². The van der Waals surface area contributed by atoms with Gasteiger partial charge >= 0.3 is 10.1 Å². The van der Waals surface area contributed by atoms with Crippen LogP contribution < -0.4 is 9.74 Å². The minimum Gasteiger partial charge on any atom is -0.377 e. The van der Waals surface area contributed by atoms with Gasteiger partial charge in [0, 0.05) is 11.9 Å². The first-order valence-corrected chi connectivity index (χ1v) is 10.4. The highest BCUT2D eigenvalue weighted by atomic mass is 32.2. The molecule has 7 heteroatoms. The van der Waals surface area contributed by atoms with Gasteiger partial charge in [-0.05, 0) is 50.5 Å². The van der Waals surface area contributed by atoms with Crippen LogP contribution in [-0.4, -0.2) is 18.8 Å². The van der Waals surface area contributed by atoms with Crippen molar-refractivity contribution in [2.45, 2.75) is 38.1 Å². The Morgan fingerprint density at radius 1 is 1.11 bits per heavy atom. The first-order valence-electron chi connectivity index (χ1n) is 9.00. The van der Waals surface area contributed by atoms with E-state index >= 15 is 0 Å².